The maximum atomic E-state index is 3.91. The second-order valence-electron chi connectivity index (χ2n) is 3.87. The molecule has 0 atom stereocenters. The zero-order valence-corrected chi connectivity index (χ0v) is 9.09. The number of hydrogen-bond acceptors (Lipinski definition) is 0. The quantitative estimate of drug-likeness (QED) is 0.644. The molecular formula is C13H16N. The van der Waals surface area contributed by atoms with Crippen molar-refractivity contribution in [3.05, 3.63) is 41.9 Å². The van der Waals surface area contributed by atoms with Crippen LogP contribution in [0.1, 0.15) is 16.8 Å². The Kier molecular flexibility index (Phi) is 2.10. The number of benzene rings is 1. The Morgan fingerprint density at radius 3 is 2.64 bits per heavy atom. The number of aryl methyl sites for hydroxylation is 2. The van der Waals surface area contributed by atoms with Crippen molar-refractivity contribution in [2.24, 2.45) is 7.05 Å². The SMILES string of the molecule is [CH2]Cc1ccc2c(c1)c(C)c(C)n2C. The highest BCUT2D eigenvalue weighted by atomic mass is 14.9. The molecule has 0 unspecified atom stereocenters. The van der Waals surface area contributed by atoms with Crippen LogP contribution in [0, 0.1) is 20.8 Å². The van der Waals surface area contributed by atoms with Crippen LogP contribution >= 0.6 is 0 Å². The van der Waals surface area contributed by atoms with Crippen molar-refractivity contribution in [2.75, 3.05) is 0 Å². The van der Waals surface area contributed by atoms with Crippen LogP contribution in [-0.2, 0) is 13.5 Å². The second-order valence-corrected chi connectivity index (χ2v) is 3.87. The molecule has 0 fully saturated rings. The molecule has 0 aliphatic rings. The summed E-state index contributed by atoms with van der Waals surface area (Å²) in [7, 11) is 2.12. The zero-order chi connectivity index (χ0) is 10.3. The van der Waals surface area contributed by atoms with Gasteiger partial charge >= 0.3 is 0 Å². The first-order chi connectivity index (χ1) is 6.65. The minimum absolute atomic E-state index is 0.864. The molecule has 1 aromatic heterocycles. The predicted molar refractivity (Wildman–Crippen MR) is 61.5 cm³/mol. The highest BCUT2D eigenvalue weighted by Gasteiger charge is 2.07. The summed E-state index contributed by atoms with van der Waals surface area (Å²) in [6.45, 7) is 8.27. The fourth-order valence-corrected chi connectivity index (χ4v) is 1.96. The molecule has 0 aliphatic heterocycles. The van der Waals surface area contributed by atoms with E-state index in [2.05, 4.69) is 50.6 Å². The van der Waals surface area contributed by atoms with Crippen LogP contribution in [0.5, 0.6) is 0 Å². The van der Waals surface area contributed by atoms with E-state index < -0.39 is 0 Å². The monoisotopic (exact) mass is 186 g/mol. The normalized spacial score (nSPS) is 11.1. The number of hydrogen-bond donors (Lipinski definition) is 0. The van der Waals surface area contributed by atoms with E-state index >= 15 is 0 Å². The van der Waals surface area contributed by atoms with Crippen molar-refractivity contribution in [1.82, 2.24) is 4.57 Å². The number of fused-ring (bicyclic) bond motifs is 1. The van der Waals surface area contributed by atoms with E-state index in [1.807, 2.05) is 0 Å². The van der Waals surface area contributed by atoms with Gasteiger partial charge in [-0.2, -0.15) is 0 Å². The van der Waals surface area contributed by atoms with Crippen molar-refractivity contribution < 1.29 is 0 Å². The summed E-state index contributed by atoms with van der Waals surface area (Å²) in [6.07, 6.45) is 0.864. The van der Waals surface area contributed by atoms with E-state index in [1.165, 1.54) is 27.7 Å². The van der Waals surface area contributed by atoms with E-state index in [0.717, 1.165) is 6.42 Å². The third-order valence-corrected chi connectivity index (χ3v) is 3.16. The van der Waals surface area contributed by atoms with Crippen LogP contribution in [-0.4, -0.2) is 4.57 Å². The third kappa shape index (κ3) is 1.16. The summed E-state index contributed by atoms with van der Waals surface area (Å²) < 4.78 is 2.25. The first-order valence-electron chi connectivity index (χ1n) is 4.99. The first kappa shape index (κ1) is 9.32. The van der Waals surface area contributed by atoms with Crippen LogP contribution < -0.4 is 0 Å². The molecule has 2 rings (SSSR count). The molecule has 1 heteroatoms. The van der Waals surface area contributed by atoms with E-state index in [9.17, 15) is 0 Å². The van der Waals surface area contributed by atoms with Gasteiger partial charge in [0.1, 0.15) is 0 Å². The van der Waals surface area contributed by atoms with Gasteiger partial charge < -0.3 is 4.57 Å². The lowest BCUT2D eigenvalue weighted by molar-refractivity contribution is 0.910. The minimum atomic E-state index is 0.864. The molecule has 1 radical (unpaired) electrons. The van der Waals surface area contributed by atoms with Gasteiger partial charge in [0.05, 0.1) is 0 Å². The van der Waals surface area contributed by atoms with Crippen molar-refractivity contribution >= 4 is 10.9 Å². The maximum Gasteiger partial charge on any atom is 0.0482 e. The van der Waals surface area contributed by atoms with Crippen LogP contribution in [0.2, 0.25) is 0 Å². The second kappa shape index (κ2) is 3.16. The van der Waals surface area contributed by atoms with E-state index in [4.69, 9.17) is 0 Å². The average molecular weight is 186 g/mol. The standard InChI is InChI=1S/C13H16N/c1-5-11-6-7-13-12(8-11)9(2)10(3)14(13)4/h6-8H,1,5H2,2-4H3. The average Bonchev–Trinajstić information content (AvgIpc) is 2.44. The first-order valence-corrected chi connectivity index (χ1v) is 4.99. The molecule has 1 aromatic carbocycles. The summed E-state index contributed by atoms with van der Waals surface area (Å²) in [6, 6.07) is 6.61. The van der Waals surface area contributed by atoms with Crippen LogP contribution in [0.25, 0.3) is 10.9 Å². The van der Waals surface area contributed by atoms with Gasteiger partial charge in [-0.1, -0.05) is 6.07 Å². The molecule has 0 N–H and O–H groups in total. The van der Waals surface area contributed by atoms with Crippen LogP contribution in [0.4, 0.5) is 0 Å². The summed E-state index contributed by atoms with van der Waals surface area (Å²) in [5.41, 5.74) is 5.36. The van der Waals surface area contributed by atoms with Gasteiger partial charge in [-0.25, -0.2) is 0 Å². The fourth-order valence-electron chi connectivity index (χ4n) is 1.96. The lowest BCUT2D eigenvalue weighted by Crippen LogP contribution is -1.90. The van der Waals surface area contributed by atoms with E-state index in [1.54, 1.807) is 0 Å². The van der Waals surface area contributed by atoms with Gasteiger partial charge in [0.15, 0.2) is 0 Å². The summed E-state index contributed by atoms with van der Waals surface area (Å²) in [5, 5.41) is 1.37. The summed E-state index contributed by atoms with van der Waals surface area (Å²) >= 11 is 0. The Morgan fingerprint density at radius 1 is 1.29 bits per heavy atom. The van der Waals surface area contributed by atoms with Crippen LogP contribution in [0.3, 0.4) is 0 Å². The molecule has 1 nitrogen and oxygen atoms in total. The lowest BCUT2D eigenvalue weighted by atomic mass is 10.1. The summed E-state index contributed by atoms with van der Waals surface area (Å²) in [5.74, 6) is 0. The Morgan fingerprint density at radius 2 is 2.00 bits per heavy atom. The minimum Gasteiger partial charge on any atom is -0.348 e. The molecule has 0 amide bonds. The molecule has 0 aliphatic carbocycles. The van der Waals surface area contributed by atoms with Crippen molar-refractivity contribution in [1.29, 1.82) is 0 Å². The molecule has 14 heavy (non-hydrogen) atoms. The predicted octanol–water partition coefficient (Wildman–Crippen LogP) is 3.17. The molecule has 0 bridgehead atoms. The zero-order valence-electron chi connectivity index (χ0n) is 9.09. The van der Waals surface area contributed by atoms with Crippen LogP contribution in [0.15, 0.2) is 18.2 Å². The molecule has 73 valence electrons. The molecule has 2 aromatic rings. The Balaban J connectivity index is 2.82. The summed E-state index contributed by atoms with van der Waals surface area (Å²) in [4.78, 5) is 0. The Labute approximate surface area is 85.4 Å². The number of rotatable bonds is 1. The van der Waals surface area contributed by atoms with Crippen molar-refractivity contribution in [2.45, 2.75) is 20.3 Å². The number of aromatic nitrogens is 1. The lowest BCUT2D eigenvalue weighted by Gasteiger charge is -1.99. The molecule has 0 spiro atoms. The van der Waals surface area contributed by atoms with Gasteiger partial charge in [-0.15, -0.1) is 0 Å². The molecular weight excluding hydrogens is 170 g/mol. The largest absolute Gasteiger partial charge is 0.348 e. The smallest absolute Gasteiger partial charge is 0.0482 e. The van der Waals surface area contributed by atoms with Gasteiger partial charge in [-0.05, 0) is 50.5 Å². The van der Waals surface area contributed by atoms with Crippen molar-refractivity contribution in [3.63, 3.8) is 0 Å². The number of nitrogens with zero attached hydrogens (tertiary/aromatic N) is 1. The Hall–Kier alpha value is -1.24. The van der Waals surface area contributed by atoms with E-state index in [0.29, 0.717) is 0 Å². The molecule has 0 saturated carbocycles. The third-order valence-electron chi connectivity index (χ3n) is 3.16. The highest BCUT2D eigenvalue weighted by Crippen LogP contribution is 2.25. The van der Waals surface area contributed by atoms with Gasteiger partial charge in [0.2, 0.25) is 0 Å². The van der Waals surface area contributed by atoms with E-state index in [-0.39, 0.29) is 0 Å². The topological polar surface area (TPSA) is 4.93 Å². The van der Waals surface area contributed by atoms with Gasteiger partial charge in [0, 0.05) is 23.6 Å². The fraction of sp³-hybridized carbons (Fsp3) is 0.308. The van der Waals surface area contributed by atoms with Gasteiger partial charge in [0.25, 0.3) is 0 Å². The molecule has 0 saturated heterocycles. The van der Waals surface area contributed by atoms with Gasteiger partial charge in [-0.3, -0.25) is 0 Å². The maximum absolute atomic E-state index is 3.91. The Bertz CT molecular complexity index is 477. The molecule has 1 heterocycles. The highest BCUT2D eigenvalue weighted by molar-refractivity contribution is 5.85. The van der Waals surface area contributed by atoms with Crippen molar-refractivity contribution in [3.8, 4) is 0 Å².